The summed E-state index contributed by atoms with van der Waals surface area (Å²) in [6, 6.07) is 9.63. The first-order chi connectivity index (χ1) is 9.51. The first-order valence-electron chi connectivity index (χ1n) is 6.15. The van der Waals surface area contributed by atoms with Gasteiger partial charge in [-0.1, -0.05) is 12.1 Å². The van der Waals surface area contributed by atoms with Gasteiger partial charge in [0.2, 0.25) is 10.0 Å². The number of aromatic hydroxyl groups is 1. The summed E-state index contributed by atoms with van der Waals surface area (Å²) < 4.78 is 25.9. The maximum absolute atomic E-state index is 12.3. The van der Waals surface area contributed by atoms with Crippen molar-refractivity contribution in [3.63, 3.8) is 0 Å². The molecule has 0 aliphatic heterocycles. The number of aromatic nitrogens is 1. The molecule has 1 aromatic heterocycles. The minimum Gasteiger partial charge on any atom is -0.507 e. The Morgan fingerprint density at radius 1 is 1.15 bits per heavy atom. The van der Waals surface area contributed by atoms with Crippen LogP contribution in [0.2, 0.25) is 0 Å². The molecule has 0 spiro atoms. The highest BCUT2D eigenvalue weighted by Crippen LogP contribution is 2.24. The van der Waals surface area contributed by atoms with E-state index in [1.165, 1.54) is 23.5 Å². The SMILES string of the molecule is CN(CCc1ccncc1)S(=O)(=O)c1ccccc1O. The Labute approximate surface area is 118 Å². The third kappa shape index (κ3) is 3.15. The summed E-state index contributed by atoms with van der Waals surface area (Å²) in [6.45, 7) is 0.334. The number of rotatable bonds is 5. The number of benzene rings is 1. The molecule has 0 bridgehead atoms. The molecule has 1 heterocycles. The standard InChI is InChI=1S/C14H16N2O3S/c1-16(11-8-12-6-9-15-10-7-12)20(18,19)14-5-3-2-4-13(14)17/h2-7,9-10,17H,8,11H2,1H3. The third-order valence-electron chi connectivity index (χ3n) is 3.02. The predicted molar refractivity (Wildman–Crippen MR) is 75.9 cm³/mol. The van der Waals surface area contributed by atoms with Crippen LogP contribution in [-0.4, -0.2) is 36.4 Å². The van der Waals surface area contributed by atoms with Crippen LogP contribution in [0.1, 0.15) is 5.56 Å². The summed E-state index contributed by atoms with van der Waals surface area (Å²) in [7, 11) is -2.17. The second kappa shape index (κ2) is 6.02. The molecule has 1 aromatic carbocycles. The number of pyridine rings is 1. The monoisotopic (exact) mass is 292 g/mol. The van der Waals surface area contributed by atoms with Gasteiger partial charge < -0.3 is 5.11 Å². The van der Waals surface area contributed by atoms with Crippen LogP contribution in [0.5, 0.6) is 5.75 Å². The number of hydrogen-bond acceptors (Lipinski definition) is 4. The lowest BCUT2D eigenvalue weighted by Crippen LogP contribution is -2.29. The van der Waals surface area contributed by atoms with E-state index in [1.807, 2.05) is 12.1 Å². The Bertz CT molecular complexity index is 672. The van der Waals surface area contributed by atoms with Gasteiger partial charge in [-0.25, -0.2) is 12.7 Å². The summed E-state index contributed by atoms with van der Waals surface area (Å²) in [6.07, 6.45) is 3.94. The highest BCUT2D eigenvalue weighted by molar-refractivity contribution is 7.89. The molecule has 0 saturated carbocycles. The van der Waals surface area contributed by atoms with Crippen molar-refractivity contribution in [1.29, 1.82) is 0 Å². The molecule has 1 N–H and O–H groups in total. The minimum absolute atomic E-state index is 0.0720. The number of para-hydroxylation sites is 1. The largest absolute Gasteiger partial charge is 0.507 e. The zero-order chi connectivity index (χ0) is 14.6. The molecule has 0 aliphatic carbocycles. The van der Waals surface area contributed by atoms with E-state index in [0.29, 0.717) is 13.0 Å². The lowest BCUT2D eigenvalue weighted by atomic mass is 10.2. The van der Waals surface area contributed by atoms with Crippen molar-refractivity contribution in [2.75, 3.05) is 13.6 Å². The van der Waals surface area contributed by atoms with Gasteiger partial charge in [-0.05, 0) is 36.2 Å². The van der Waals surface area contributed by atoms with Crippen molar-refractivity contribution in [2.45, 2.75) is 11.3 Å². The van der Waals surface area contributed by atoms with Crippen molar-refractivity contribution < 1.29 is 13.5 Å². The van der Waals surface area contributed by atoms with E-state index in [1.54, 1.807) is 24.5 Å². The summed E-state index contributed by atoms with van der Waals surface area (Å²) in [5.74, 6) is -0.233. The number of likely N-dealkylation sites (N-methyl/N-ethyl adjacent to an activating group) is 1. The molecule has 0 amide bonds. The lowest BCUT2D eigenvalue weighted by molar-refractivity contribution is 0.442. The Hall–Kier alpha value is -1.92. The Morgan fingerprint density at radius 3 is 2.45 bits per heavy atom. The molecular formula is C14H16N2O3S. The molecule has 6 heteroatoms. The zero-order valence-corrected chi connectivity index (χ0v) is 11.9. The second-order valence-corrected chi connectivity index (χ2v) is 6.41. The lowest BCUT2D eigenvalue weighted by Gasteiger charge is -2.17. The van der Waals surface area contributed by atoms with Crippen LogP contribution in [0.4, 0.5) is 0 Å². The van der Waals surface area contributed by atoms with Crippen molar-refractivity contribution in [3.05, 3.63) is 54.4 Å². The van der Waals surface area contributed by atoms with Crippen molar-refractivity contribution in [3.8, 4) is 5.75 Å². The van der Waals surface area contributed by atoms with Gasteiger partial charge in [-0.15, -0.1) is 0 Å². The van der Waals surface area contributed by atoms with E-state index in [2.05, 4.69) is 4.98 Å². The van der Waals surface area contributed by atoms with Gasteiger partial charge >= 0.3 is 0 Å². The fourth-order valence-corrected chi connectivity index (χ4v) is 3.05. The van der Waals surface area contributed by atoms with E-state index in [-0.39, 0.29) is 10.6 Å². The van der Waals surface area contributed by atoms with Crippen molar-refractivity contribution in [2.24, 2.45) is 0 Å². The molecule has 106 valence electrons. The van der Waals surface area contributed by atoms with Gasteiger partial charge in [0, 0.05) is 26.0 Å². The van der Waals surface area contributed by atoms with Gasteiger partial charge in [0.15, 0.2) is 0 Å². The Kier molecular flexibility index (Phi) is 4.36. The van der Waals surface area contributed by atoms with Gasteiger partial charge in [-0.2, -0.15) is 0 Å². The van der Waals surface area contributed by atoms with Crippen molar-refractivity contribution in [1.82, 2.24) is 9.29 Å². The number of phenols is 1. The molecule has 0 aliphatic rings. The number of phenolic OH excluding ortho intramolecular Hbond substituents is 1. The molecule has 2 aromatic rings. The predicted octanol–water partition coefficient (Wildman–Crippen LogP) is 1.65. The average Bonchev–Trinajstić information content (AvgIpc) is 2.46. The topological polar surface area (TPSA) is 70.5 Å². The van der Waals surface area contributed by atoms with Crippen LogP contribution < -0.4 is 0 Å². The number of nitrogens with zero attached hydrogens (tertiary/aromatic N) is 2. The Balaban J connectivity index is 2.12. The minimum atomic E-state index is -3.67. The van der Waals surface area contributed by atoms with Crippen molar-refractivity contribution >= 4 is 10.0 Å². The Morgan fingerprint density at radius 2 is 1.80 bits per heavy atom. The summed E-state index contributed by atoms with van der Waals surface area (Å²) in [5.41, 5.74) is 1.01. The van der Waals surface area contributed by atoms with E-state index >= 15 is 0 Å². The molecule has 0 fully saturated rings. The molecule has 0 radical (unpaired) electrons. The van der Waals surface area contributed by atoms with Crippen LogP contribution in [0.25, 0.3) is 0 Å². The van der Waals surface area contributed by atoms with E-state index in [4.69, 9.17) is 0 Å². The molecule has 0 atom stereocenters. The fraction of sp³-hybridized carbons (Fsp3) is 0.214. The first-order valence-corrected chi connectivity index (χ1v) is 7.59. The average molecular weight is 292 g/mol. The van der Waals surface area contributed by atoms with Gasteiger partial charge in [-0.3, -0.25) is 4.98 Å². The molecule has 5 nitrogen and oxygen atoms in total. The normalized spacial score (nSPS) is 11.7. The number of sulfonamides is 1. The molecule has 0 saturated heterocycles. The van der Waals surface area contributed by atoms with Crippen LogP contribution in [0.3, 0.4) is 0 Å². The first kappa shape index (κ1) is 14.5. The van der Waals surface area contributed by atoms with E-state index in [9.17, 15) is 13.5 Å². The third-order valence-corrected chi connectivity index (χ3v) is 4.92. The van der Waals surface area contributed by atoms with Crippen LogP contribution in [0, 0.1) is 0 Å². The zero-order valence-electron chi connectivity index (χ0n) is 11.1. The molecule has 2 rings (SSSR count). The highest BCUT2D eigenvalue weighted by atomic mass is 32.2. The van der Waals surface area contributed by atoms with Crippen LogP contribution in [0.15, 0.2) is 53.7 Å². The summed E-state index contributed by atoms with van der Waals surface area (Å²) in [5, 5.41) is 9.67. The van der Waals surface area contributed by atoms with Crippen LogP contribution >= 0.6 is 0 Å². The molecule has 0 unspecified atom stereocenters. The van der Waals surface area contributed by atoms with E-state index < -0.39 is 10.0 Å². The van der Waals surface area contributed by atoms with Crippen LogP contribution in [-0.2, 0) is 16.4 Å². The second-order valence-electron chi connectivity index (χ2n) is 4.40. The maximum Gasteiger partial charge on any atom is 0.246 e. The van der Waals surface area contributed by atoms with Gasteiger partial charge in [0.05, 0.1) is 0 Å². The fourth-order valence-electron chi connectivity index (χ4n) is 1.80. The smallest absolute Gasteiger partial charge is 0.246 e. The molecule has 20 heavy (non-hydrogen) atoms. The van der Waals surface area contributed by atoms with Gasteiger partial charge in [0.1, 0.15) is 10.6 Å². The van der Waals surface area contributed by atoms with E-state index in [0.717, 1.165) is 5.56 Å². The highest BCUT2D eigenvalue weighted by Gasteiger charge is 2.23. The summed E-state index contributed by atoms with van der Waals surface area (Å²) >= 11 is 0. The quantitative estimate of drug-likeness (QED) is 0.909. The summed E-state index contributed by atoms with van der Waals surface area (Å²) in [4.78, 5) is 3.84. The molecular weight excluding hydrogens is 276 g/mol. The van der Waals surface area contributed by atoms with Gasteiger partial charge in [0.25, 0.3) is 0 Å². The maximum atomic E-state index is 12.3. The number of hydrogen-bond donors (Lipinski definition) is 1.